The Morgan fingerprint density at radius 1 is 1.18 bits per heavy atom. The van der Waals surface area contributed by atoms with Crippen LogP contribution in [0.4, 0.5) is 5.69 Å². The zero-order chi connectivity index (χ0) is 15.4. The maximum Gasteiger partial charge on any atom is 0.227 e. The fourth-order valence-corrected chi connectivity index (χ4v) is 3.30. The van der Waals surface area contributed by atoms with Crippen LogP contribution < -0.4 is 15.0 Å². The molecule has 0 saturated carbocycles. The molecule has 0 aliphatic carbocycles. The van der Waals surface area contributed by atoms with E-state index < -0.39 is 0 Å². The number of hydrogen-bond donors (Lipinski definition) is 1. The van der Waals surface area contributed by atoms with Gasteiger partial charge in [0.1, 0.15) is 5.75 Å². The molecule has 1 unspecified atom stereocenters. The minimum atomic E-state index is 0.182. The molecular weight excluding hydrogens is 278 g/mol. The van der Waals surface area contributed by atoms with Crippen molar-refractivity contribution < 1.29 is 9.53 Å². The zero-order valence-corrected chi connectivity index (χ0v) is 13.3. The minimum absolute atomic E-state index is 0.182. The van der Waals surface area contributed by atoms with Gasteiger partial charge in [-0.25, -0.2) is 0 Å². The second-order valence-corrected chi connectivity index (χ2v) is 6.05. The number of rotatable bonds is 3. The van der Waals surface area contributed by atoms with Crippen molar-refractivity contribution in [3.8, 4) is 5.75 Å². The minimum Gasteiger partial charge on any atom is -0.497 e. The number of ether oxygens (including phenoxy) is 1. The number of hydrogen-bond acceptors (Lipinski definition) is 4. The van der Waals surface area contributed by atoms with E-state index in [4.69, 9.17) is 4.74 Å². The number of piperazine rings is 1. The Morgan fingerprint density at radius 2 is 1.91 bits per heavy atom. The molecule has 1 N–H and O–H groups in total. The lowest BCUT2D eigenvalue weighted by molar-refractivity contribution is -0.136. The van der Waals surface area contributed by atoms with Gasteiger partial charge in [0.05, 0.1) is 13.0 Å². The number of piperidine rings is 1. The van der Waals surface area contributed by atoms with Crippen LogP contribution in [0.3, 0.4) is 0 Å². The Hall–Kier alpha value is -1.75. The molecule has 0 spiro atoms. The fourth-order valence-electron chi connectivity index (χ4n) is 3.30. The van der Waals surface area contributed by atoms with E-state index in [9.17, 15) is 4.79 Å². The number of anilines is 1. The average molecular weight is 303 g/mol. The van der Waals surface area contributed by atoms with E-state index in [2.05, 4.69) is 22.3 Å². The third kappa shape index (κ3) is 3.35. The van der Waals surface area contributed by atoms with E-state index in [1.807, 2.05) is 17.0 Å². The lowest BCUT2D eigenvalue weighted by Crippen LogP contribution is -2.52. The molecule has 1 aromatic rings. The van der Waals surface area contributed by atoms with Crippen LogP contribution in [-0.2, 0) is 4.79 Å². The molecule has 120 valence electrons. The highest BCUT2D eigenvalue weighted by Crippen LogP contribution is 2.21. The summed E-state index contributed by atoms with van der Waals surface area (Å²) in [6.45, 7) is 5.34. The molecule has 0 radical (unpaired) electrons. The first-order chi connectivity index (χ1) is 10.8. The van der Waals surface area contributed by atoms with Crippen LogP contribution >= 0.6 is 0 Å². The van der Waals surface area contributed by atoms with Crippen LogP contribution in [0.15, 0.2) is 24.3 Å². The number of benzene rings is 1. The summed E-state index contributed by atoms with van der Waals surface area (Å²) in [7, 11) is 1.68. The van der Waals surface area contributed by atoms with Gasteiger partial charge in [0.2, 0.25) is 5.91 Å². The van der Waals surface area contributed by atoms with Gasteiger partial charge in [-0.05, 0) is 43.7 Å². The molecule has 0 bridgehead atoms. The highest BCUT2D eigenvalue weighted by molar-refractivity contribution is 5.79. The number of methoxy groups -OCH3 is 1. The maximum absolute atomic E-state index is 12.5. The zero-order valence-electron chi connectivity index (χ0n) is 13.3. The second-order valence-electron chi connectivity index (χ2n) is 6.05. The van der Waals surface area contributed by atoms with Crippen molar-refractivity contribution in [3.63, 3.8) is 0 Å². The summed E-state index contributed by atoms with van der Waals surface area (Å²) >= 11 is 0. The number of nitrogens with one attached hydrogen (secondary N) is 1. The van der Waals surface area contributed by atoms with Crippen LogP contribution in [0.2, 0.25) is 0 Å². The molecule has 2 aliphatic rings. The van der Waals surface area contributed by atoms with E-state index in [0.29, 0.717) is 5.91 Å². The second kappa shape index (κ2) is 7.01. The van der Waals surface area contributed by atoms with Crippen LogP contribution in [0, 0.1) is 5.92 Å². The Bertz CT molecular complexity index is 489. The third-order valence-electron chi connectivity index (χ3n) is 4.68. The SMILES string of the molecule is COc1ccc(N2CCN(C(=O)C3CCCNC3)CC2)cc1. The topological polar surface area (TPSA) is 44.8 Å². The number of carbonyl (C=O) groups is 1. The lowest BCUT2D eigenvalue weighted by Gasteiger charge is -2.38. The van der Waals surface area contributed by atoms with Crippen LogP contribution in [0.1, 0.15) is 12.8 Å². The van der Waals surface area contributed by atoms with Gasteiger partial charge in [-0.2, -0.15) is 0 Å². The molecule has 1 atom stereocenters. The van der Waals surface area contributed by atoms with Gasteiger partial charge < -0.3 is 19.9 Å². The first kappa shape index (κ1) is 15.2. The largest absolute Gasteiger partial charge is 0.497 e. The normalized spacial score (nSPS) is 22.5. The van der Waals surface area contributed by atoms with Crippen molar-refractivity contribution >= 4 is 11.6 Å². The Balaban J connectivity index is 1.54. The van der Waals surface area contributed by atoms with Gasteiger partial charge in [-0.1, -0.05) is 0 Å². The van der Waals surface area contributed by atoms with Crippen molar-refractivity contribution in [2.45, 2.75) is 12.8 Å². The predicted octanol–water partition coefficient (Wildman–Crippen LogP) is 1.34. The molecule has 3 rings (SSSR count). The van der Waals surface area contributed by atoms with Gasteiger partial charge in [0.15, 0.2) is 0 Å². The Kier molecular flexibility index (Phi) is 4.83. The molecular formula is C17H25N3O2. The first-order valence-corrected chi connectivity index (χ1v) is 8.16. The Morgan fingerprint density at radius 3 is 2.50 bits per heavy atom. The molecule has 2 aliphatic heterocycles. The molecule has 22 heavy (non-hydrogen) atoms. The summed E-state index contributed by atoms with van der Waals surface area (Å²) in [5, 5.41) is 3.33. The van der Waals surface area contributed by atoms with Gasteiger partial charge in [0.25, 0.3) is 0 Å². The third-order valence-corrected chi connectivity index (χ3v) is 4.68. The molecule has 1 aromatic carbocycles. The standard InChI is InChI=1S/C17H25N3O2/c1-22-16-6-4-15(5-7-16)19-9-11-20(12-10-19)17(21)14-3-2-8-18-13-14/h4-7,14,18H,2-3,8-13H2,1H3. The van der Waals surface area contributed by atoms with Gasteiger partial charge in [0, 0.05) is 38.4 Å². The quantitative estimate of drug-likeness (QED) is 0.915. The highest BCUT2D eigenvalue weighted by atomic mass is 16.5. The summed E-state index contributed by atoms with van der Waals surface area (Å²) in [5.74, 6) is 1.39. The van der Waals surface area contributed by atoms with Crippen molar-refractivity contribution in [2.24, 2.45) is 5.92 Å². The summed E-state index contributed by atoms with van der Waals surface area (Å²) in [6, 6.07) is 8.14. The maximum atomic E-state index is 12.5. The number of nitrogens with zero attached hydrogens (tertiary/aromatic N) is 2. The lowest BCUT2D eigenvalue weighted by atomic mass is 9.98. The Labute approximate surface area is 132 Å². The van der Waals surface area contributed by atoms with Crippen LogP contribution in [0.5, 0.6) is 5.75 Å². The van der Waals surface area contributed by atoms with Crippen molar-refractivity contribution in [3.05, 3.63) is 24.3 Å². The van der Waals surface area contributed by atoms with Gasteiger partial charge in [-0.15, -0.1) is 0 Å². The number of carbonyl (C=O) groups excluding carboxylic acids is 1. The van der Waals surface area contributed by atoms with E-state index in [-0.39, 0.29) is 5.92 Å². The smallest absolute Gasteiger partial charge is 0.227 e. The molecule has 0 aromatic heterocycles. The van der Waals surface area contributed by atoms with E-state index in [1.54, 1.807) is 7.11 Å². The van der Waals surface area contributed by atoms with Crippen molar-refractivity contribution in [1.29, 1.82) is 0 Å². The fraction of sp³-hybridized carbons (Fsp3) is 0.588. The highest BCUT2D eigenvalue weighted by Gasteiger charge is 2.28. The predicted molar refractivity (Wildman–Crippen MR) is 87.4 cm³/mol. The molecule has 1 amide bonds. The molecule has 2 saturated heterocycles. The average Bonchev–Trinajstić information content (AvgIpc) is 2.62. The molecule has 5 nitrogen and oxygen atoms in total. The van der Waals surface area contributed by atoms with Gasteiger partial charge in [-0.3, -0.25) is 4.79 Å². The van der Waals surface area contributed by atoms with E-state index in [1.165, 1.54) is 5.69 Å². The van der Waals surface area contributed by atoms with Crippen molar-refractivity contribution in [2.75, 3.05) is 51.3 Å². The summed E-state index contributed by atoms with van der Waals surface area (Å²) < 4.78 is 5.19. The molecule has 2 fully saturated rings. The summed E-state index contributed by atoms with van der Waals surface area (Å²) in [4.78, 5) is 16.9. The van der Waals surface area contributed by atoms with Crippen LogP contribution in [0.25, 0.3) is 0 Å². The van der Waals surface area contributed by atoms with E-state index in [0.717, 1.165) is 57.9 Å². The van der Waals surface area contributed by atoms with Gasteiger partial charge >= 0.3 is 0 Å². The van der Waals surface area contributed by atoms with Crippen molar-refractivity contribution in [1.82, 2.24) is 10.2 Å². The molecule has 2 heterocycles. The summed E-state index contributed by atoms with van der Waals surface area (Å²) in [5.41, 5.74) is 1.20. The van der Waals surface area contributed by atoms with Crippen LogP contribution in [-0.4, -0.2) is 57.2 Å². The molecule has 5 heteroatoms. The first-order valence-electron chi connectivity index (χ1n) is 8.16. The van der Waals surface area contributed by atoms with E-state index >= 15 is 0 Å². The summed E-state index contributed by atoms with van der Waals surface area (Å²) in [6.07, 6.45) is 2.15. The number of amides is 1. The monoisotopic (exact) mass is 303 g/mol.